The van der Waals surface area contributed by atoms with Gasteiger partial charge in [0.05, 0.1) is 6.54 Å². The Kier molecular flexibility index (Phi) is 3.35. The highest BCUT2D eigenvalue weighted by Crippen LogP contribution is 2.13. The highest BCUT2D eigenvalue weighted by atomic mass is 19.1. The second kappa shape index (κ2) is 4.77. The highest BCUT2D eigenvalue weighted by molar-refractivity contribution is 5.92. The normalized spacial score (nSPS) is 16.6. The van der Waals surface area contributed by atoms with E-state index >= 15 is 0 Å². The summed E-state index contributed by atoms with van der Waals surface area (Å²) in [4.78, 5) is 13.4. The summed E-state index contributed by atoms with van der Waals surface area (Å²) in [6, 6.07) is 3.02. The van der Waals surface area contributed by atoms with Crippen LogP contribution in [0.3, 0.4) is 0 Å². The van der Waals surface area contributed by atoms with Crippen LogP contribution < -0.4 is 11.1 Å². The maximum absolute atomic E-state index is 12.9. The summed E-state index contributed by atoms with van der Waals surface area (Å²) in [7, 11) is 0. The van der Waals surface area contributed by atoms with Crippen LogP contribution >= 0.6 is 0 Å². The average Bonchev–Trinajstić information content (AvgIpc) is 2.13. The number of hydrogen-bond donors (Lipinski definition) is 2. The Labute approximate surface area is 97.4 Å². The molecule has 6 heteroatoms. The van der Waals surface area contributed by atoms with Gasteiger partial charge in [0, 0.05) is 30.9 Å². The molecule has 1 fully saturated rings. The third-order valence-corrected chi connectivity index (χ3v) is 2.50. The van der Waals surface area contributed by atoms with E-state index in [0.717, 1.165) is 18.2 Å². The molecular weight excluding hydrogens is 228 g/mol. The van der Waals surface area contributed by atoms with Crippen LogP contribution in [0.15, 0.2) is 18.2 Å². The smallest absolute Gasteiger partial charge is 0.238 e. The van der Waals surface area contributed by atoms with E-state index < -0.39 is 11.6 Å². The molecule has 0 unspecified atom stereocenters. The Hall–Kier alpha value is -1.53. The summed E-state index contributed by atoms with van der Waals surface area (Å²) in [6.45, 7) is 1.53. The van der Waals surface area contributed by atoms with Gasteiger partial charge in [0.1, 0.15) is 11.6 Å². The van der Waals surface area contributed by atoms with Crippen molar-refractivity contribution >= 4 is 11.6 Å². The first kappa shape index (κ1) is 11.9. The van der Waals surface area contributed by atoms with E-state index in [1.807, 2.05) is 4.90 Å². The third-order valence-electron chi connectivity index (χ3n) is 2.50. The Morgan fingerprint density at radius 3 is 2.47 bits per heavy atom. The lowest BCUT2D eigenvalue weighted by Crippen LogP contribution is -2.57. The average molecular weight is 241 g/mol. The number of nitrogens with one attached hydrogen (secondary N) is 1. The SMILES string of the molecule is NC1CN(CC(=O)Nc2cc(F)cc(F)c2)C1. The van der Waals surface area contributed by atoms with Crippen molar-refractivity contribution in [1.29, 1.82) is 0 Å². The number of likely N-dealkylation sites (tertiary alicyclic amines) is 1. The second-order valence-corrected chi connectivity index (χ2v) is 4.16. The van der Waals surface area contributed by atoms with E-state index in [1.54, 1.807) is 0 Å². The van der Waals surface area contributed by atoms with Crippen LogP contribution in [0.5, 0.6) is 0 Å². The molecule has 4 nitrogen and oxygen atoms in total. The lowest BCUT2D eigenvalue weighted by atomic mass is 10.1. The summed E-state index contributed by atoms with van der Waals surface area (Å²) in [5.74, 6) is -1.74. The molecule has 0 aromatic heterocycles. The molecule has 2 rings (SSSR count). The van der Waals surface area contributed by atoms with Crippen molar-refractivity contribution in [1.82, 2.24) is 4.90 Å². The molecule has 1 heterocycles. The predicted molar refractivity (Wildman–Crippen MR) is 59.4 cm³/mol. The number of amides is 1. The number of rotatable bonds is 3. The van der Waals surface area contributed by atoms with Crippen molar-refractivity contribution in [3.05, 3.63) is 29.8 Å². The van der Waals surface area contributed by atoms with Gasteiger partial charge in [-0.05, 0) is 12.1 Å². The summed E-state index contributed by atoms with van der Waals surface area (Å²) in [5.41, 5.74) is 5.69. The monoisotopic (exact) mass is 241 g/mol. The number of halogens is 2. The van der Waals surface area contributed by atoms with Gasteiger partial charge in [-0.15, -0.1) is 0 Å². The molecule has 0 saturated carbocycles. The maximum atomic E-state index is 12.9. The molecule has 1 aliphatic heterocycles. The van der Waals surface area contributed by atoms with E-state index in [2.05, 4.69) is 5.32 Å². The van der Waals surface area contributed by atoms with Crippen LogP contribution in [0.2, 0.25) is 0 Å². The molecular formula is C11H13F2N3O. The van der Waals surface area contributed by atoms with Crippen molar-refractivity contribution in [3.8, 4) is 0 Å². The van der Waals surface area contributed by atoms with E-state index in [0.29, 0.717) is 13.1 Å². The number of benzene rings is 1. The number of nitrogens with two attached hydrogens (primary N) is 1. The van der Waals surface area contributed by atoms with E-state index in [1.165, 1.54) is 0 Å². The van der Waals surface area contributed by atoms with Crippen LogP contribution in [0.25, 0.3) is 0 Å². The minimum Gasteiger partial charge on any atom is -0.325 e. The fraction of sp³-hybridized carbons (Fsp3) is 0.364. The van der Waals surface area contributed by atoms with Gasteiger partial charge in [0.2, 0.25) is 5.91 Å². The van der Waals surface area contributed by atoms with Gasteiger partial charge in [-0.3, -0.25) is 9.69 Å². The third kappa shape index (κ3) is 3.21. The Bertz CT molecular complexity index is 412. The number of carbonyl (C=O) groups excluding carboxylic acids is 1. The van der Waals surface area contributed by atoms with Crippen LogP contribution in [0, 0.1) is 11.6 Å². The molecule has 0 atom stereocenters. The maximum Gasteiger partial charge on any atom is 0.238 e. The molecule has 1 amide bonds. The topological polar surface area (TPSA) is 58.4 Å². The standard InChI is InChI=1S/C11H13F2N3O/c12-7-1-8(13)3-10(2-7)15-11(17)6-16-4-9(14)5-16/h1-3,9H,4-6,14H2,(H,15,17). The zero-order valence-electron chi connectivity index (χ0n) is 9.12. The first-order valence-electron chi connectivity index (χ1n) is 5.27. The lowest BCUT2D eigenvalue weighted by molar-refractivity contribution is -0.118. The fourth-order valence-corrected chi connectivity index (χ4v) is 1.77. The minimum absolute atomic E-state index is 0.120. The molecule has 1 saturated heterocycles. The molecule has 3 N–H and O–H groups in total. The predicted octanol–water partition coefficient (Wildman–Crippen LogP) is 0.546. The van der Waals surface area contributed by atoms with Gasteiger partial charge in [-0.1, -0.05) is 0 Å². The molecule has 92 valence electrons. The van der Waals surface area contributed by atoms with Crippen molar-refractivity contribution in [2.24, 2.45) is 5.73 Å². The van der Waals surface area contributed by atoms with Gasteiger partial charge in [0.15, 0.2) is 0 Å². The minimum atomic E-state index is -0.716. The Morgan fingerprint density at radius 2 is 1.94 bits per heavy atom. The van der Waals surface area contributed by atoms with Crippen molar-refractivity contribution in [3.63, 3.8) is 0 Å². The van der Waals surface area contributed by atoms with Crippen LogP contribution in [-0.4, -0.2) is 36.5 Å². The highest BCUT2D eigenvalue weighted by Gasteiger charge is 2.24. The molecule has 0 radical (unpaired) electrons. The quantitative estimate of drug-likeness (QED) is 0.812. The summed E-state index contributed by atoms with van der Waals surface area (Å²) in [5, 5.41) is 2.44. The number of hydrogen-bond acceptors (Lipinski definition) is 3. The largest absolute Gasteiger partial charge is 0.325 e. The number of carbonyl (C=O) groups is 1. The van der Waals surface area contributed by atoms with Crippen molar-refractivity contribution in [2.45, 2.75) is 6.04 Å². The van der Waals surface area contributed by atoms with Crippen molar-refractivity contribution < 1.29 is 13.6 Å². The molecule has 1 aromatic rings. The molecule has 17 heavy (non-hydrogen) atoms. The fourth-order valence-electron chi connectivity index (χ4n) is 1.77. The number of anilines is 1. The van der Waals surface area contributed by atoms with Gasteiger partial charge < -0.3 is 11.1 Å². The molecule has 1 aromatic carbocycles. The molecule has 0 aliphatic carbocycles. The molecule has 0 spiro atoms. The zero-order chi connectivity index (χ0) is 12.4. The number of nitrogens with zero attached hydrogens (tertiary/aromatic N) is 1. The van der Waals surface area contributed by atoms with Crippen LogP contribution in [0.4, 0.5) is 14.5 Å². The van der Waals surface area contributed by atoms with E-state index in [4.69, 9.17) is 5.73 Å². The zero-order valence-corrected chi connectivity index (χ0v) is 9.12. The van der Waals surface area contributed by atoms with Crippen LogP contribution in [0.1, 0.15) is 0 Å². The summed E-state index contributed by atoms with van der Waals surface area (Å²) >= 11 is 0. The second-order valence-electron chi connectivity index (χ2n) is 4.16. The molecule has 0 bridgehead atoms. The Balaban J connectivity index is 1.89. The van der Waals surface area contributed by atoms with Crippen LogP contribution in [-0.2, 0) is 4.79 Å². The van der Waals surface area contributed by atoms with E-state index in [-0.39, 0.29) is 24.2 Å². The molecule has 1 aliphatic rings. The lowest BCUT2D eigenvalue weighted by Gasteiger charge is -2.36. The van der Waals surface area contributed by atoms with Gasteiger partial charge in [0.25, 0.3) is 0 Å². The first-order valence-corrected chi connectivity index (χ1v) is 5.27. The van der Waals surface area contributed by atoms with Crippen molar-refractivity contribution in [2.75, 3.05) is 25.0 Å². The summed E-state index contributed by atoms with van der Waals surface area (Å²) < 4.78 is 25.7. The van der Waals surface area contributed by atoms with E-state index in [9.17, 15) is 13.6 Å². The van der Waals surface area contributed by atoms with Gasteiger partial charge >= 0.3 is 0 Å². The Morgan fingerprint density at radius 1 is 1.35 bits per heavy atom. The summed E-state index contributed by atoms with van der Waals surface area (Å²) in [6.07, 6.45) is 0. The van der Waals surface area contributed by atoms with Gasteiger partial charge in [-0.25, -0.2) is 8.78 Å². The first-order chi connectivity index (χ1) is 8.02. The van der Waals surface area contributed by atoms with Gasteiger partial charge in [-0.2, -0.15) is 0 Å².